The van der Waals surface area contributed by atoms with E-state index in [-0.39, 0.29) is 17.9 Å². The second-order valence-corrected chi connectivity index (χ2v) is 5.96. The maximum Gasteiger partial charge on any atom is 0.251 e. The van der Waals surface area contributed by atoms with Crippen LogP contribution in [0.3, 0.4) is 0 Å². The molecule has 4 heteroatoms. The van der Waals surface area contributed by atoms with Crippen LogP contribution in [0.5, 0.6) is 11.5 Å². The second-order valence-electron chi connectivity index (χ2n) is 5.96. The highest BCUT2D eigenvalue weighted by Gasteiger charge is 2.21. The van der Waals surface area contributed by atoms with Crippen LogP contribution in [0.15, 0.2) is 48.5 Å². The summed E-state index contributed by atoms with van der Waals surface area (Å²) < 4.78 is 11.2. The molecule has 2 aromatic rings. The van der Waals surface area contributed by atoms with Crippen LogP contribution in [0.4, 0.5) is 0 Å². The predicted octanol–water partition coefficient (Wildman–Crippen LogP) is 3.58. The Hall–Kier alpha value is -2.49. The number of ether oxygens (including phenoxy) is 2. The van der Waals surface area contributed by atoms with Crippen LogP contribution in [-0.4, -0.2) is 19.1 Å². The molecule has 1 atom stereocenters. The lowest BCUT2D eigenvalue weighted by molar-refractivity contribution is 0.0925. The Labute approximate surface area is 136 Å². The van der Waals surface area contributed by atoms with Gasteiger partial charge in [-0.1, -0.05) is 38.1 Å². The van der Waals surface area contributed by atoms with Crippen molar-refractivity contribution in [3.8, 4) is 11.5 Å². The first-order valence-corrected chi connectivity index (χ1v) is 7.90. The van der Waals surface area contributed by atoms with Crippen molar-refractivity contribution in [2.75, 3.05) is 13.2 Å². The minimum absolute atomic E-state index is 0.0702. The normalized spacial score (nSPS) is 14.4. The summed E-state index contributed by atoms with van der Waals surface area (Å²) in [6.45, 7) is 5.31. The summed E-state index contributed by atoms with van der Waals surface area (Å²) >= 11 is 0. The molecule has 1 unspecified atom stereocenters. The van der Waals surface area contributed by atoms with E-state index in [9.17, 15) is 4.79 Å². The number of fused-ring (bicyclic) bond motifs is 1. The van der Waals surface area contributed by atoms with Crippen LogP contribution in [0.1, 0.15) is 35.8 Å². The van der Waals surface area contributed by atoms with Crippen LogP contribution in [-0.2, 0) is 0 Å². The number of amides is 1. The van der Waals surface area contributed by atoms with Crippen molar-refractivity contribution < 1.29 is 14.3 Å². The first-order valence-electron chi connectivity index (χ1n) is 7.90. The maximum atomic E-state index is 12.5. The zero-order chi connectivity index (χ0) is 16.2. The molecule has 0 fully saturated rings. The third-order valence-electron chi connectivity index (χ3n) is 3.91. The molecule has 4 nitrogen and oxygen atoms in total. The van der Waals surface area contributed by atoms with Gasteiger partial charge in [-0.25, -0.2) is 0 Å². The van der Waals surface area contributed by atoms with E-state index < -0.39 is 0 Å². The van der Waals surface area contributed by atoms with Gasteiger partial charge in [0.15, 0.2) is 11.5 Å². The Morgan fingerprint density at radius 2 is 1.70 bits per heavy atom. The molecule has 1 N–H and O–H groups in total. The quantitative estimate of drug-likeness (QED) is 0.939. The molecule has 0 spiro atoms. The van der Waals surface area contributed by atoms with E-state index >= 15 is 0 Å². The molecule has 120 valence electrons. The van der Waals surface area contributed by atoms with Gasteiger partial charge in [-0.3, -0.25) is 4.79 Å². The fourth-order valence-electron chi connectivity index (χ4n) is 2.70. The van der Waals surface area contributed by atoms with Gasteiger partial charge in [0.1, 0.15) is 13.2 Å². The number of nitrogens with one attached hydrogen (secondary N) is 1. The van der Waals surface area contributed by atoms with Crippen LogP contribution < -0.4 is 14.8 Å². The summed E-state index contributed by atoms with van der Waals surface area (Å²) in [6, 6.07) is 15.0. The molecule has 0 bridgehead atoms. The van der Waals surface area contributed by atoms with Crippen molar-refractivity contribution in [1.82, 2.24) is 5.32 Å². The fourth-order valence-corrected chi connectivity index (χ4v) is 2.70. The average molecular weight is 311 g/mol. The average Bonchev–Trinajstić information content (AvgIpc) is 2.59. The van der Waals surface area contributed by atoms with Crippen molar-refractivity contribution in [2.45, 2.75) is 19.9 Å². The van der Waals surface area contributed by atoms with E-state index in [0.29, 0.717) is 18.8 Å². The predicted molar refractivity (Wildman–Crippen MR) is 88.9 cm³/mol. The van der Waals surface area contributed by atoms with Crippen molar-refractivity contribution in [2.24, 2.45) is 5.92 Å². The van der Waals surface area contributed by atoms with Gasteiger partial charge in [-0.05, 0) is 35.7 Å². The number of hydrogen-bond acceptors (Lipinski definition) is 3. The molecular weight excluding hydrogens is 290 g/mol. The minimum atomic E-state index is -0.0847. The first-order chi connectivity index (χ1) is 11.1. The summed E-state index contributed by atoms with van der Waals surface area (Å²) in [4.78, 5) is 12.5. The highest BCUT2D eigenvalue weighted by Crippen LogP contribution is 2.34. The standard InChI is InChI=1S/C19H21NO3/c1-13(2)18(20-19(21)14-6-4-3-5-7-14)15-8-9-16-17(12-15)23-11-10-22-16/h3-9,12-13,18H,10-11H2,1-2H3,(H,20,21). The Kier molecular flexibility index (Phi) is 4.51. The molecule has 3 rings (SSSR count). The third kappa shape index (κ3) is 3.47. The molecule has 2 aromatic carbocycles. The van der Waals surface area contributed by atoms with Gasteiger partial charge in [0.2, 0.25) is 0 Å². The number of carbonyl (C=O) groups excluding carboxylic acids is 1. The lowest BCUT2D eigenvalue weighted by atomic mass is 9.95. The number of benzene rings is 2. The van der Waals surface area contributed by atoms with E-state index in [1.165, 1.54) is 0 Å². The van der Waals surface area contributed by atoms with Gasteiger partial charge in [-0.2, -0.15) is 0 Å². The Morgan fingerprint density at radius 3 is 2.39 bits per heavy atom. The Balaban J connectivity index is 1.83. The fraction of sp³-hybridized carbons (Fsp3) is 0.316. The summed E-state index contributed by atoms with van der Waals surface area (Å²) in [5.41, 5.74) is 1.68. The Bertz CT molecular complexity index is 682. The SMILES string of the molecule is CC(C)C(NC(=O)c1ccccc1)c1ccc2c(c1)OCCO2. The molecule has 0 aromatic heterocycles. The zero-order valence-electron chi connectivity index (χ0n) is 13.4. The van der Waals surface area contributed by atoms with Crippen LogP contribution in [0.2, 0.25) is 0 Å². The number of rotatable bonds is 4. The van der Waals surface area contributed by atoms with Crippen LogP contribution >= 0.6 is 0 Å². The maximum absolute atomic E-state index is 12.5. The van der Waals surface area contributed by atoms with E-state index in [4.69, 9.17) is 9.47 Å². The lowest BCUT2D eigenvalue weighted by Gasteiger charge is -2.25. The van der Waals surface area contributed by atoms with E-state index in [2.05, 4.69) is 19.2 Å². The van der Waals surface area contributed by atoms with Crippen LogP contribution in [0, 0.1) is 5.92 Å². The van der Waals surface area contributed by atoms with Crippen molar-refractivity contribution in [3.05, 3.63) is 59.7 Å². The van der Waals surface area contributed by atoms with Crippen LogP contribution in [0.25, 0.3) is 0 Å². The summed E-state index contributed by atoms with van der Waals surface area (Å²) in [5.74, 6) is 1.69. The van der Waals surface area contributed by atoms with Gasteiger partial charge in [0.25, 0.3) is 5.91 Å². The van der Waals surface area contributed by atoms with Gasteiger partial charge < -0.3 is 14.8 Å². The van der Waals surface area contributed by atoms with E-state index in [1.807, 2.05) is 48.5 Å². The van der Waals surface area contributed by atoms with E-state index in [0.717, 1.165) is 17.1 Å². The molecule has 1 aliphatic heterocycles. The van der Waals surface area contributed by atoms with Gasteiger partial charge in [0.05, 0.1) is 6.04 Å². The lowest BCUT2D eigenvalue weighted by Crippen LogP contribution is -2.31. The van der Waals surface area contributed by atoms with Gasteiger partial charge >= 0.3 is 0 Å². The number of hydrogen-bond donors (Lipinski definition) is 1. The molecule has 1 aliphatic rings. The molecule has 0 saturated heterocycles. The van der Waals surface area contributed by atoms with Gasteiger partial charge in [0, 0.05) is 5.56 Å². The number of carbonyl (C=O) groups is 1. The molecule has 0 saturated carbocycles. The van der Waals surface area contributed by atoms with Crippen molar-refractivity contribution in [3.63, 3.8) is 0 Å². The summed E-state index contributed by atoms with van der Waals surface area (Å²) in [5, 5.41) is 3.12. The molecule has 1 amide bonds. The van der Waals surface area contributed by atoms with E-state index in [1.54, 1.807) is 0 Å². The zero-order valence-corrected chi connectivity index (χ0v) is 13.4. The molecule has 1 heterocycles. The smallest absolute Gasteiger partial charge is 0.251 e. The highest BCUT2D eigenvalue weighted by molar-refractivity contribution is 5.94. The third-order valence-corrected chi connectivity index (χ3v) is 3.91. The van der Waals surface area contributed by atoms with Crippen molar-refractivity contribution in [1.29, 1.82) is 0 Å². The second kappa shape index (κ2) is 6.73. The molecular formula is C19H21NO3. The highest BCUT2D eigenvalue weighted by atomic mass is 16.6. The van der Waals surface area contributed by atoms with Gasteiger partial charge in [-0.15, -0.1) is 0 Å². The molecule has 23 heavy (non-hydrogen) atoms. The monoisotopic (exact) mass is 311 g/mol. The molecule has 0 aliphatic carbocycles. The minimum Gasteiger partial charge on any atom is -0.486 e. The van der Waals surface area contributed by atoms with Crippen molar-refractivity contribution >= 4 is 5.91 Å². The summed E-state index contributed by atoms with van der Waals surface area (Å²) in [6.07, 6.45) is 0. The Morgan fingerprint density at radius 1 is 1.00 bits per heavy atom. The molecule has 0 radical (unpaired) electrons. The topological polar surface area (TPSA) is 47.6 Å². The summed E-state index contributed by atoms with van der Waals surface area (Å²) in [7, 11) is 0. The first kappa shape index (κ1) is 15.4. The largest absolute Gasteiger partial charge is 0.486 e.